The number of hydrogen-bond donors (Lipinski definition) is 1. The number of fused-ring (bicyclic) bond motifs is 1. The molecule has 232 valence electrons. The molecule has 3 amide bonds. The van der Waals surface area contributed by atoms with Gasteiger partial charge in [-0.3, -0.25) is 19.2 Å². The molecule has 3 aromatic carbocycles. The van der Waals surface area contributed by atoms with Crippen molar-refractivity contribution in [1.29, 1.82) is 0 Å². The number of hydrogen-bond acceptors (Lipinski definition) is 5. The Morgan fingerprint density at radius 2 is 1.73 bits per heavy atom. The summed E-state index contributed by atoms with van der Waals surface area (Å²) in [6.45, 7) is 2.48. The number of carbonyl (C=O) groups is 3. The highest BCUT2D eigenvalue weighted by Crippen LogP contribution is 2.32. The molecule has 0 spiro atoms. The number of piperidine rings is 1. The van der Waals surface area contributed by atoms with Gasteiger partial charge in [-0.15, -0.1) is 0 Å². The third-order valence-corrected chi connectivity index (χ3v) is 9.45. The van der Waals surface area contributed by atoms with Crippen molar-refractivity contribution >= 4 is 56.2 Å². The molecule has 2 aliphatic heterocycles. The lowest BCUT2D eigenvalue weighted by atomic mass is 9.86. The smallest absolute Gasteiger partial charge is 0.287 e. The van der Waals surface area contributed by atoms with Crippen LogP contribution in [0, 0.1) is 0 Å². The molecule has 10 heteroatoms. The van der Waals surface area contributed by atoms with Gasteiger partial charge >= 0.3 is 0 Å². The maximum Gasteiger partial charge on any atom is 0.287 e. The van der Waals surface area contributed by atoms with Gasteiger partial charge in [-0.2, -0.15) is 0 Å². The van der Waals surface area contributed by atoms with E-state index >= 15 is 0 Å². The SMILES string of the molecule is O=C(N[C@@H](Cc1ccc(Cl)cc1)C(=O)N1CCC(c2ccccc2CN2CCCC2=O)CC1)c1cc(=O)c2cc(Br)ccc2o1. The average molecular weight is 691 g/mol. The van der Waals surface area contributed by atoms with Gasteiger partial charge in [0.25, 0.3) is 5.91 Å². The van der Waals surface area contributed by atoms with E-state index in [1.165, 1.54) is 5.56 Å². The summed E-state index contributed by atoms with van der Waals surface area (Å²) in [5.74, 6) is -0.519. The Labute approximate surface area is 274 Å². The van der Waals surface area contributed by atoms with Gasteiger partial charge in [0, 0.05) is 54.6 Å². The van der Waals surface area contributed by atoms with Crippen LogP contribution in [0.25, 0.3) is 11.0 Å². The van der Waals surface area contributed by atoms with E-state index in [4.69, 9.17) is 16.0 Å². The van der Waals surface area contributed by atoms with E-state index in [0.29, 0.717) is 36.5 Å². The number of nitrogens with zero attached hydrogens (tertiary/aromatic N) is 2. The molecule has 45 heavy (non-hydrogen) atoms. The van der Waals surface area contributed by atoms with E-state index in [-0.39, 0.29) is 40.9 Å². The van der Waals surface area contributed by atoms with Gasteiger partial charge in [-0.25, -0.2) is 0 Å². The van der Waals surface area contributed by atoms with E-state index in [1.807, 2.05) is 29.2 Å². The lowest BCUT2D eigenvalue weighted by molar-refractivity contribution is -0.134. The molecule has 1 N–H and O–H groups in total. The summed E-state index contributed by atoms with van der Waals surface area (Å²) in [4.78, 5) is 56.2. The first-order valence-electron chi connectivity index (χ1n) is 15.2. The molecular formula is C35H33BrClN3O5. The minimum Gasteiger partial charge on any atom is -0.451 e. The molecular weight excluding hydrogens is 658 g/mol. The summed E-state index contributed by atoms with van der Waals surface area (Å²) in [6, 6.07) is 20.7. The Morgan fingerprint density at radius 3 is 2.47 bits per heavy atom. The third-order valence-electron chi connectivity index (χ3n) is 8.70. The first kappa shape index (κ1) is 31.0. The third kappa shape index (κ3) is 7.15. The van der Waals surface area contributed by atoms with Crippen molar-refractivity contribution in [2.75, 3.05) is 19.6 Å². The second kappa shape index (κ2) is 13.6. The van der Waals surface area contributed by atoms with Crippen LogP contribution < -0.4 is 10.7 Å². The lowest BCUT2D eigenvalue weighted by Gasteiger charge is -2.35. The molecule has 0 aliphatic carbocycles. The van der Waals surface area contributed by atoms with Gasteiger partial charge in [0.2, 0.25) is 11.8 Å². The maximum atomic E-state index is 14.0. The van der Waals surface area contributed by atoms with Gasteiger partial charge in [0.05, 0.1) is 5.39 Å². The zero-order chi connectivity index (χ0) is 31.5. The van der Waals surface area contributed by atoms with Crippen molar-refractivity contribution < 1.29 is 18.8 Å². The van der Waals surface area contributed by atoms with Crippen molar-refractivity contribution in [3.05, 3.63) is 115 Å². The van der Waals surface area contributed by atoms with Crippen molar-refractivity contribution in [3.8, 4) is 0 Å². The minimum atomic E-state index is -0.880. The predicted octanol–water partition coefficient (Wildman–Crippen LogP) is 6.08. The fourth-order valence-corrected chi connectivity index (χ4v) is 6.80. The van der Waals surface area contributed by atoms with Crippen LogP contribution in [0.3, 0.4) is 0 Å². The number of carbonyl (C=O) groups excluding carboxylic acids is 3. The molecule has 2 fully saturated rings. The Balaban J connectivity index is 1.18. The molecule has 1 aromatic heterocycles. The highest BCUT2D eigenvalue weighted by Gasteiger charge is 2.32. The first-order valence-corrected chi connectivity index (χ1v) is 16.4. The summed E-state index contributed by atoms with van der Waals surface area (Å²) in [7, 11) is 0. The van der Waals surface area contributed by atoms with E-state index in [9.17, 15) is 19.2 Å². The quantitative estimate of drug-likeness (QED) is 0.242. The van der Waals surface area contributed by atoms with Crippen LogP contribution in [0.4, 0.5) is 0 Å². The van der Waals surface area contributed by atoms with Crippen LogP contribution in [0.1, 0.15) is 58.8 Å². The van der Waals surface area contributed by atoms with Crippen LogP contribution in [0.5, 0.6) is 0 Å². The highest BCUT2D eigenvalue weighted by molar-refractivity contribution is 9.10. The van der Waals surface area contributed by atoms with Gasteiger partial charge in [-0.1, -0.05) is 63.9 Å². The number of amides is 3. The van der Waals surface area contributed by atoms with Crippen molar-refractivity contribution in [3.63, 3.8) is 0 Å². The lowest BCUT2D eigenvalue weighted by Crippen LogP contribution is -2.51. The normalized spacial score (nSPS) is 16.3. The Hall–Kier alpha value is -3.95. The number of halogens is 2. The largest absolute Gasteiger partial charge is 0.451 e. The molecule has 8 nitrogen and oxygen atoms in total. The average Bonchev–Trinajstić information content (AvgIpc) is 3.45. The number of benzene rings is 3. The Bertz CT molecular complexity index is 1800. The van der Waals surface area contributed by atoms with E-state index in [1.54, 1.807) is 35.2 Å². The molecule has 6 rings (SSSR count). The second-order valence-electron chi connectivity index (χ2n) is 11.7. The van der Waals surface area contributed by atoms with Crippen LogP contribution >= 0.6 is 27.5 Å². The number of nitrogens with one attached hydrogen (secondary N) is 1. The van der Waals surface area contributed by atoms with Crippen LogP contribution in [-0.2, 0) is 22.6 Å². The molecule has 0 radical (unpaired) electrons. The van der Waals surface area contributed by atoms with Gasteiger partial charge in [-0.05, 0) is 72.2 Å². The summed E-state index contributed by atoms with van der Waals surface area (Å²) in [5, 5.41) is 3.78. The van der Waals surface area contributed by atoms with Crippen molar-refractivity contribution in [1.82, 2.24) is 15.1 Å². The number of likely N-dealkylation sites (tertiary alicyclic amines) is 2. The molecule has 2 aliphatic rings. The molecule has 1 atom stereocenters. The maximum absolute atomic E-state index is 14.0. The van der Waals surface area contributed by atoms with Crippen molar-refractivity contribution in [2.24, 2.45) is 0 Å². The molecule has 0 unspecified atom stereocenters. The molecule has 0 bridgehead atoms. The van der Waals surface area contributed by atoms with Gasteiger partial charge < -0.3 is 19.5 Å². The summed E-state index contributed by atoms with van der Waals surface area (Å²) < 4.78 is 6.50. The fraction of sp³-hybridized carbons (Fsp3) is 0.314. The standard InChI is InChI=1S/C35H33BrClN3O5/c36-25-9-12-31-28(19-25)30(41)20-32(45-31)34(43)38-29(18-22-7-10-26(37)11-8-22)35(44)39-16-13-23(14-17-39)27-5-2-1-4-24(27)21-40-15-3-6-33(40)42/h1-2,4-5,7-12,19-20,23,29H,3,6,13-18,21H2,(H,38,43)/t29-/m0/s1. The first-order chi connectivity index (χ1) is 21.7. The van der Waals surface area contributed by atoms with E-state index in [0.717, 1.165) is 47.5 Å². The van der Waals surface area contributed by atoms with Crippen LogP contribution in [0.2, 0.25) is 5.02 Å². The fourth-order valence-electron chi connectivity index (χ4n) is 6.31. The zero-order valence-corrected chi connectivity index (χ0v) is 27.0. The summed E-state index contributed by atoms with van der Waals surface area (Å²) in [5.41, 5.74) is 3.17. The molecule has 2 saturated heterocycles. The molecule has 4 aromatic rings. The van der Waals surface area contributed by atoms with Crippen LogP contribution in [-0.4, -0.2) is 53.2 Å². The zero-order valence-electron chi connectivity index (χ0n) is 24.6. The number of rotatable bonds is 8. The van der Waals surface area contributed by atoms with E-state index in [2.05, 4.69) is 33.4 Å². The minimum absolute atomic E-state index is 0.157. The predicted molar refractivity (Wildman–Crippen MR) is 176 cm³/mol. The second-order valence-corrected chi connectivity index (χ2v) is 13.0. The van der Waals surface area contributed by atoms with E-state index < -0.39 is 11.9 Å². The Morgan fingerprint density at radius 1 is 0.978 bits per heavy atom. The molecule has 3 heterocycles. The molecule has 0 saturated carbocycles. The highest BCUT2D eigenvalue weighted by atomic mass is 79.9. The van der Waals surface area contributed by atoms with Gasteiger partial charge in [0.15, 0.2) is 11.2 Å². The summed E-state index contributed by atoms with van der Waals surface area (Å²) >= 11 is 9.44. The Kier molecular flexibility index (Phi) is 9.37. The van der Waals surface area contributed by atoms with Crippen molar-refractivity contribution in [2.45, 2.75) is 50.6 Å². The monoisotopic (exact) mass is 689 g/mol. The van der Waals surface area contributed by atoms with Crippen LogP contribution in [0.15, 0.2) is 86.5 Å². The topological polar surface area (TPSA) is 99.9 Å². The van der Waals surface area contributed by atoms with Gasteiger partial charge in [0.1, 0.15) is 11.6 Å². The summed E-state index contributed by atoms with van der Waals surface area (Å²) in [6.07, 6.45) is 3.31.